The van der Waals surface area contributed by atoms with Crippen LogP contribution in [0.5, 0.6) is 5.75 Å². The maximum Gasteiger partial charge on any atom is 0.166 e. The highest BCUT2D eigenvalue weighted by molar-refractivity contribution is 9.10. The maximum absolute atomic E-state index is 13.6. The van der Waals surface area contributed by atoms with Gasteiger partial charge >= 0.3 is 0 Å². The third kappa shape index (κ3) is 2.64. The molecule has 1 aromatic carbocycles. The van der Waals surface area contributed by atoms with Crippen LogP contribution in [-0.2, 0) is 11.4 Å². The van der Waals surface area contributed by atoms with E-state index in [4.69, 9.17) is 4.74 Å². The van der Waals surface area contributed by atoms with Crippen LogP contribution in [0.15, 0.2) is 10.5 Å². The average molecular weight is 282 g/mol. The number of methoxy groups -OCH3 is 1. The fourth-order valence-corrected chi connectivity index (χ4v) is 1.59. The van der Waals surface area contributed by atoms with E-state index in [1.807, 2.05) is 0 Å². The zero-order valence-corrected chi connectivity index (χ0v) is 9.82. The zero-order valence-electron chi connectivity index (χ0n) is 8.23. The van der Waals surface area contributed by atoms with Gasteiger partial charge in [-0.1, -0.05) is 0 Å². The highest BCUT2D eigenvalue weighted by atomic mass is 79.9. The molecule has 0 aromatic heterocycles. The second kappa shape index (κ2) is 5.39. The van der Waals surface area contributed by atoms with Crippen molar-refractivity contribution in [3.8, 4) is 5.75 Å². The first kappa shape index (κ1) is 12.4. The molecule has 84 valence electrons. The minimum Gasteiger partial charge on any atom is -0.493 e. The Kier molecular flexibility index (Phi) is 4.44. The second-order valence-corrected chi connectivity index (χ2v) is 3.55. The molecule has 1 aromatic rings. The highest BCUT2D eigenvalue weighted by Gasteiger charge is 2.17. The molecule has 0 amide bonds. The van der Waals surface area contributed by atoms with Crippen LogP contribution in [0, 0.1) is 11.6 Å². The number of rotatable bonds is 4. The van der Waals surface area contributed by atoms with Crippen molar-refractivity contribution in [2.75, 3.05) is 14.2 Å². The summed E-state index contributed by atoms with van der Waals surface area (Å²) in [7, 11) is 2.67. The number of hydroxylamine groups is 1. The van der Waals surface area contributed by atoms with E-state index in [1.54, 1.807) is 0 Å². The van der Waals surface area contributed by atoms with Gasteiger partial charge in [0.1, 0.15) is 5.82 Å². The van der Waals surface area contributed by atoms with E-state index in [0.717, 1.165) is 6.07 Å². The Morgan fingerprint density at radius 3 is 2.60 bits per heavy atom. The lowest BCUT2D eigenvalue weighted by Crippen LogP contribution is -2.14. The molecule has 0 atom stereocenters. The number of halogens is 3. The third-order valence-electron chi connectivity index (χ3n) is 1.82. The summed E-state index contributed by atoms with van der Waals surface area (Å²) >= 11 is 2.91. The van der Waals surface area contributed by atoms with Gasteiger partial charge in [0.2, 0.25) is 0 Å². The predicted octanol–water partition coefficient (Wildman–Crippen LogP) is 2.39. The van der Waals surface area contributed by atoms with Crippen molar-refractivity contribution in [3.63, 3.8) is 0 Å². The Hall–Kier alpha value is -0.720. The first-order valence-corrected chi connectivity index (χ1v) is 4.87. The standard InChI is InChI=1S/C9H10BrF2NO2/c1-14-9-5(4-13-15-2)8(12)6(10)3-7(9)11/h3,13H,4H2,1-2H3. The predicted molar refractivity (Wildman–Crippen MR) is 54.5 cm³/mol. The van der Waals surface area contributed by atoms with E-state index in [-0.39, 0.29) is 22.3 Å². The molecule has 0 saturated heterocycles. The minimum absolute atomic E-state index is 0.0157. The Labute approximate surface area is 94.5 Å². The van der Waals surface area contributed by atoms with Gasteiger partial charge in [-0.15, -0.1) is 0 Å². The topological polar surface area (TPSA) is 30.5 Å². The quantitative estimate of drug-likeness (QED) is 0.679. The number of nitrogens with one attached hydrogen (secondary N) is 1. The first-order valence-electron chi connectivity index (χ1n) is 4.08. The van der Waals surface area contributed by atoms with Crippen LogP contribution in [0.25, 0.3) is 0 Å². The highest BCUT2D eigenvalue weighted by Crippen LogP contribution is 2.30. The summed E-state index contributed by atoms with van der Waals surface area (Å²) in [6.45, 7) is 0.0157. The van der Waals surface area contributed by atoms with Gasteiger partial charge in [0.25, 0.3) is 0 Å². The molecule has 0 bridgehead atoms. The van der Waals surface area contributed by atoms with Crippen LogP contribution in [0.2, 0.25) is 0 Å². The van der Waals surface area contributed by atoms with E-state index in [2.05, 4.69) is 26.2 Å². The van der Waals surface area contributed by atoms with Crippen molar-refractivity contribution in [2.45, 2.75) is 6.54 Å². The largest absolute Gasteiger partial charge is 0.493 e. The molecule has 6 heteroatoms. The smallest absolute Gasteiger partial charge is 0.166 e. The molecule has 1 N–H and O–H groups in total. The van der Waals surface area contributed by atoms with Gasteiger partial charge in [-0.3, -0.25) is 0 Å². The van der Waals surface area contributed by atoms with Crippen LogP contribution < -0.4 is 10.2 Å². The Balaban J connectivity index is 3.18. The maximum atomic E-state index is 13.6. The van der Waals surface area contributed by atoms with E-state index in [0.29, 0.717) is 0 Å². The molecule has 3 nitrogen and oxygen atoms in total. The molecule has 15 heavy (non-hydrogen) atoms. The molecule has 0 fully saturated rings. The summed E-state index contributed by atoms with van der Waals surface area (Å²) in [6, 6.07) is 1.02. The van der Waals surface area contributed by atoms with Gasteiger partial charge in [-0.25, -0.2) is 8.78 Å². The van der Waals surface area contributed by atoms with Gasteiger partial charge in [0.05, 0.1) is 30.8 Å². The van der Waals surface area contributed by atoms with Crippen molar-refractivity contribution in [1.82, 2.24) is 5.48 Å². The summed E-state index contributed by atoms with van der Waals surface area (Å²) in [5.74, 6) is -1.32. The van der Waals surface area contributed by atoms with Gasteiger partial charge in [-0.2, -0.15) is 5.48 Å². The lowest BCUT2D eigenvalue weighted by Gasteiger charge is -2.11. The Bertz CT molecular complexity index is 360. The molecular weight excluding hydrogens is 272 g/mol. The molecule has 0 radical (unpaired) electrons. The zero-order chi connectivity index (χ0) is 11.4. The molecule has 0 aliphatic carbocycles. The number of hydrogen-bond donors (Lipinski definition) is 1. The molecule has 0 aliphatic heterocycles. The molecule has 1 rings (SSSR count). The fourth-order valence-electron chi connectivity index (χ4n) is 1.15. The third-order valence-corrected chi connectivity index (χ3v) is 2.39. The number of benzene rings is 1. The van der Waals surface area contributed by atoms with E-state index < -0.39 is 11.6 Å². The van der Waals surface area contributed by atoms with Crippen LogP contribution in [0.3, 0.4) is 0 Å². The van der Waals surface area contributed by atoms with Gasteiger partial charge < -0.3 is 9.57 Å². The Morgan fingerprint density at radius 1 is 1.40 bits per heavy atom. The number of ether oxygens (including phenoxy) is 1. The van der Waals surface area contributed by atoms with Gasteiger partial charge in [0, 0.05) is 0 Å². The summed E-state index contributed by atoms with van der Waals surface area (Å²) in [4.78, 5) is 4.57. The van der Waals surface area contributed by atoms with Crippen molar-refractivity contribution >= 4 is 15.9 Å². The monoisotopic (exact) mass is 281 g/mol. The normalized spacial score (nSPS) is 10.5. The molecule has 0 unspecified atom stereocenters. The Morgan fingerprint density at radius 2 is 2.07 bits per heavy atom. The minimum atomic E-state index is -0.626. The van der Waals surface area contributed by atoms with Crippen LogP contribution in [0.4, 0.5) is 8.78 Å². The lowest BCUT2D eigenvalue weighted by atomic mass is 10.2. The van der Waals surface area contributed by atoms with Crippen molar-refractivity contribution in [1.29, 1.82) is 0 Å². The number of hydrogen-bond acceptors (Lipinski definition) is 3. The lowest BCUT2D eigenvalue weighted by molar-refractivity contribution is 0.0851. The van der Waals surface area contributed by atoms with E-state index in [1.165, 1.54) is 14.2 Å². The summed E-state index contributed by atoms with van der Waals surface area (Å²) in [5, 5.41) is 0. The van der Waals surface area contributed by atoms with Gasteiger partial charge in [-0.05, 0) is 22.0 Å². The van der Waals surface area contributed by atoms with Crippen LogP contribution >= 0.6 is 15.9 Å². The summed E-state index contributed by atoms with van der Waals surface area (Å²) in [6.07, 6.45) is 0. The first-order chi connectivity index (χ1) is 7.11. The molecule has 0 spiro atoms. The van der Waals surface area contributed by atoms with E-state index in [9.17, 15) is 8.78 Å². The molecule has 0 aliphatic rings. The second-order valence-electron chi connectivity index (χ2n) is 2.69. The van der Waals surface area contributed by atoms with Crippen molar-refractivity contribution in [2.24, 2.45) is 0 Å². The SMILES string of the molecule is CONCc1c(F)c(Br)cc(F)c1OC. The molecular formula is C9H10BrF2NO2. The summed E-state index contributed by atoms with van der Waals surface area (Å²) < 4.78 is 31.7. The molecule has 0 saturated carbocycles. The van der Waals surface area contributed by atoms with Crippen molar-refractivity contribution < 1.29 is 18.4 Å². The van der Waals surface area contributed by atoms with E-state index >= 15 is 0 Å². The van der Waals surface area contributed by atoms with Crippen LogP contribution in [0.1, 0.15) is 5.56 Å². The summed E-state index contributed by atoms with van der Waals surface area (Å²) in [5.41, 5.74) is 2.50. The average Bonchev–Trinajstić information content (AvgIpc) is 2.21. The van der Waals surface area contributed by atoms with Crippen LogP contribution in [-0.4, -0.2) is 14.2 Å². The molecule has 0 heterocycles. The van der Waals surface area contributed by atoms with Gasteiger partial charge in [0.15, 0.2) is 11.6 Å². The fraction of sp³-hybridized carbons (Fsp3) is 0.333. The van der Waals surface area contributed by atoms with Crippen molar-refractivity contribution in [3.05, 3.63) is 27.7 Å².